The molecular formula is C17H21N3O3. The summed E-state index contributed by atoms with van der Waals surface area (Å²) in [6.07, 6.45) is 0. The Balaban J connectivity index is 1.71. The molecule has 2 saturated heterocycles. The van der Waals surface area contributed by atoms with Crippen molar-refractivity contribution in [3.8, 4) is 6.07 Å². The number of aliphatic hydroxyl groups is 1. The van der Waals surface area contributed by atoms with Crippen LogP contribution in [0.2, 0.25) is 0 Å². The van der Waals surface area contributed by atoms with Crippen LogP contribution < -0.4 is 0 Å². The third-order valence-corrected chi connectivity index (χ3v) is 4.67. The Morgan fingerprint density at radius 2 is 2.00 bits per heavy atom. The number of benzene rings is 1. The quantitative estimate of drug-likeness (QED) is 0.859. The summed E-state index contributed by atoms with van der Waals surface area (Å²) in [7, 11) is 0. The van der Waals surface area contributed by atoms with Gasteiger partial charge in [0.25, 0.3) is 0 Å². The van der Waals surface area contributed by atoms with Crippen molar-refractivity contribution in [2.24, 2.45) is 0 Å². The summed E-state index contributed by atoms with van der Waals surface area (Å²) in [4.78, 5) is 16.2. The zero-order valence-corrected chi connectivity index (χ0v) is 13.0. The van der Waals surface area contributed by atoms with E-state index in [1.807, 2.05) is 35.2 Å². The van der Waals surface area contributed by atoms with Crippen molar-refractivity contribution in [1.82, 2.24) is 9.80 Å². The minimum atomic E-state index is -0.511. The van der Waals surface area contributed by atoms with E-state index in [0.717, 1.165) is 18.7 Å². The van der Waals surface area contributed by atoms with Crippen molar-refractivity contribution in [3.05, 3.63) is 35.9 Å². The lowest BCUT2D eigenvalue weighted by Crippen LogP contribution is -2.66. The zero-order valence-electron chi connectivity index (χ0n) is 13.0. The molecule has 0 spiro atoms. The first-order valence-electron chi connectivity index (χ1n) is 7.93. The minimum Gasteiger partial charge on any atom is -0.394 e. The molecule has 1 amide bonds. The number of aliphatic hydroxyl groups excluding tert-OH is 1. The van der Waals surface area contributed by atoms with Crippen LogP contribution in [0, 0.1) is 11.3 Å². The van der Waals surface area contributed by atoms with Crippen LogP contribution in [-0.2, 0) is 9.53 Å². The third kappa shape index (κ3) is 3.08. The van der Waals surface area contributed by atoms with Crippen molar-refractivity contribution >= 4 is 5.91 Å². The summed E-state index contributed by atoms with van der Waals surface area (Å²) < 4.78 is 5.28. The Bertz CT molecular complexity index is 580. The first-order valence-corrected chi connectivity index (χ1v) is 7.93. The van der Waals surface area contributed by atoms with Gasteiger partial charge in [-0.2, -0.15) is 5.26 Å². The Kier molecular flexibility index (Phi) is 4.91. The molecule has 23 heavy (non-hydrogen) atoms. The molecule has 1 aromatic carbocycles. The highest BCUT2D eigenvalue weighted by Crippen LogP contribution is 2.40. The second kappa shape index (κ2) is 7.09. The molecule has 1 aromatic rings. The summed E-state index contributed by atoms with van der Waals surface area (Å²) in [5.41, 5.74) is 0.994. The molecule has 3 rings (SSSR count). The van der Waals surface area contributed by atoms with E-state index >= 15 is 0 Å². The predicted molar refractivity (Wildman–Crippen MR) is 83.6 cm³/mol. The molecule has 122 valence electrons. The molecule has 3 atom stereocenters. The Labute approximate surface area is 135 Å². The number of ether oxygens (including phenoxy) is 1. The number of morpholine rings is 1. The molecule has 6 nitrogen and oxygen atoms in total. The van der Waals surface area contributed by atoms with Crippen molar-refractivity contribution in [2.75, 3.05) is 39.5 Å². The van der Waals surface area contributed by atoms with Crippen LogP contribution in [0.4, 0.5) is 0 Å². The van der Waals surface area contributed by atoms with Crippen LogP contribution in [0.25, 0.3) is 0 Å². The molecule has 0 bridgehead atoms. The van der Waals surface area contributed by atoms with Gasteiger partial charge in [-0.15, -0.1) is 0 Å². The molecular weight excluding hydrogens is 294 g/mol. The van der Waals surface area contributed by atoms with Crippen LogP contribution in [0.5, 0.6) is 0 Å². The van der Waals surface area contributed by atoms with Gasteiger partial charge < -0.3 is 14.7 Å². The maximum Gasteiger partial charge on any atom is 0.238 e. The number of amides is 1. The molecule has 2 fully saturated rings. The van der Waals surface area contributed by atoms with Gasteiger partial charge in [-0.05, 0) is 5.56 Å². The highest BCUT2D eigenvalue weighted by Gasteiger charge is 2.51. The van der Waals surface area contributed by atoms with Crippen molar-refractivity contribution < 1.29 is 14.6 Å². The minimum absolute atomic E-state index is 0.0929. The van der Waals surface area contributed by atoms with Crippen molar-refractivity contribution in [2.45, 2.75) is 18.0 Å². The van der Waals surface area contributed by atoms with Gasteiger partial charge in [-0.3, -0.25) is 9.69 Å². The van der Waals surface area contributed by atoms with Gasteiger partial charge in [0.05, 0.1) is 38.5 Å². The second-order valence-corrected chi connectivity index (χ2v) is 5.95. The average molecular weight is 315 g/mol. The first kappa shape index (κ1) is 15.9. The Morgan fingerprint density at radius 1 is 1.30 bits per heavy atom. The topological polar surface area (TPSA) is 76.8 Å². The number of nitrogens with zero attached hydrogens (tertiary/aromatic N) is 3. The van der Waals surface area contributed by atoms with E-state index in [4.69, 9.17) is 4.74 Å². The van der Waals surface area contributed by atoms with Crippen LogP contribution in [0.3, 0.4) is 0 Å². The standard InChI is InChI=1S/C17H21N3O3/c18-10-14-17(13-4-2-1-3-5-13)15(12-21)20(14)16(22)11-19-6-8-23-9-7-19/h1-5,14-15,17,21H,6-9,11-12H2/t14-,15+,17+/m1/s1. The van der Waals surface area contributed by atoms with Crippen molar-refractivity contribution in [1.29, 1.82) is 5.26 Å². The Morgan fingerprint density at radius 3 is 2.61 bits per heavy atom. The number of rotatable bonds is 4. The van der Waals surface area contributed by atoms with Gasteiger partial charge in [0.2, 0.25) is 5.91 Å². The fraction of sp³-hybridized carbons (Fsp3) is 0.529. The van der Waals surface area contributed by atoms with Crippen LogP contribution >= 0.6 is 0 Å². The molecule has 0 radical (unpaired) electrons. The van der Waals surface area contributed by atoms with Crippen LogP contribution in [0.15, 0.2) is 30.3 Å². The fourth-order valence-corrected chi connectivity index (χ4v) is 3.46. The summed E-state index contributed by atoms with van der Waals surface area (Å²) >= 11 is 0. The lowest BCUT2D eigenvalue weighted by atomic mass is 9.75. The van der Waals surface area contributed by atoms with E-state index in [0.29, 0.717) is 13.2 Å². The van der Waals surface area contributed by atoms with E-state index in [2.05, 4.69) is 6.07 Å². The van der Waals surface area contributed by atoms with Gasteiger partial charge in [-0.1, -0.05) is 30.3 Å². The molecule has 0 unspecified atom stereocenters. The molecule has 2 heterocycles. The van der Waals surface area contributed by atoms with Crippen LogP contribution in [0.1, 0.15) is 11.5 Å². The van der Waals surface area contributed by atoms with Crippen LogP contribution in [-0.4, -0.2) is 72.4 Å². The molecule has 6 heteroatoms. The maximum atomic E-state index is 12.6. The molecule has 2 aliphatic heterocycles. The summed E-state index contributed by atoms with van der Waals surface area (Å²) in [5.74, 6) is -0.218. The lowest BCUT2D eigenvalue weighted by molar-refractivity contribution is -0.149. The maximum absolute atomic E-state index is 12.6. The fourth-order valence-electron chi connectivity index (χ4n) is 3.46. The molecule has 1 N–H and O–H groups in total. The number of hydrogen-bond acceptors (Lipinski definition) is 5. The largest absolute Gasteiger partial charge is 0.394 e. The molecule has 2 aliphatic rings. The van der Waals surface area contributed by atoms with Crippen molar-refractivity contribution in [3.63, 3.8) is 0 Å². The summed E-state index contributed by atoms with van der Waals surface area (Å²) in [5, 5.41) is 19.2. The summed E-state index contributed by atoms with van der Waals surface area (Å²) in [6.45, 7) is 2.85. The van der Waals surface area contributed by atoms with E-state index < -0.39 is 6.04 Å². The third-order valence-electron chi connectivity index (χ3n) is 4.67. The number of hydrogen-bond donors (Lipinski definition) is 1. The van der Waals surface area contributed by atoms with Gasteiger partial charge in [0, 0.05) is 19.0 Å². The van der Waals surface area contributed by atoms with E-state index in [9.17, 15) is 15.2 Å². The van der Waals surface area contributed by atoms with Gasteiger partial charge in [0.15, 0.2) is 0 Å². The lowest BCUT2D eigenvalue weighted by Gasteiger charge is -2.52. The monoisotopic (exact) mass is 315 g/mol. The number of nitriles is 1. The van der Waals surface area contributed by atoms with Gasteiger partial charge in [-0.25, -0.2) is 0 Å². The Hall–Kier alpha value is -1.94. The number of carbonyl (C=O) groups excluding carboxylic acids is 1. The number of carbonyl (C=O) groups is 1. The zero-order chi connectivity index (χ0) is 16.2. The first-order chi connectivity index (χ1) is 11.3. The number of likely N-dealkylation sites (tertiary alicyclic amines) is 1. The van der Waals surface area contributed by atoms with E-state index in [1.54, 1.807) is 4.90 Å². The SMILES string of the molecule is N#C[C@@H]1[C@H](c2ccccc2)[C@H](CO)N1C(=O)CN1CCOCC1. The predicted octanol–water partition coefficient (Wildman–Crippen LogP) is 0.198. The highest BCUT2D eigenvalue weighted by molar-refractivity contribution is 5.81. The second-order valence-electron chi connectivity index (χ2n) is 5.95. The summed E-state index contributed by atoms with van der Waals surface area (Å²) in [6, 6.07) is 11.0. The van der Waals surface area contributed by atoms with Gasteiger partial charge >= 0.3 is 0 Å². The smallest absolute Gasteiger partial charge is 0.238 e. The van der Waals surface area contributed by atoms with Gasteiger partial charge in [0.1, 0.15) is 6.04 Å². The normalized spacial score (nSPS) is 28.0. The van der Waals surface area contributed by atoms with E-state index in [1.165, 1.54) is 0 Å². The molecule has 0 saturated carbocycles. The molecule has 0 aromatic heterocycles. The van der Waals surface area contributed by atoms with E-state index in [-0.39, 0.29) is 31.0 Å². The average Bonchev–Trinajstić information content (AvgIpc) is 2.56. The molecule has 0 aliphatic carbocycles. The highest BCUT2D eigenvalue weighted by atomic mass is 16.5.